The molecule has 0 aromatic heterocycles. The molecular weight excluding hydrogens is 246 g/mol. The molecule has 1 aromatic carbocycles. The second kappa shape index (κ2) is 8.37. The van der Waals surface area contributed by atoms with E-state index in [1.54, 1.807) is 0 Å². The van der Waals surface area contributed by atoms with E-state index in [0.717, 1.165) is 31.9 Å². The first-order valence-electron chi connectivity index (χ1n) is 6.53. The fraction of sp³-hybridized carbons (Fsp3) is 0.500. The van der Waals surface area contributed by atoms with Crippen molar-refractivity contribution in [1.29, 1.82) is 0 Å². The molecule has 0 aliphatic rings. The molecule has 0 heterocycles. The van der Waals surface area contributed by atoms with E-state index < -0.39 is 0 Å². The van der Waals surface area contributed by atoms with Crippen molar-refractivity contribution >= 4 is 5.91 Å². The molecule has 0 unspecified atom stereocenters. The van der Waals surface area contributed by atoms with Crippen LogP contribution in [0.15, 0.2) is 18.2 Å². The van der Waals surface area contributed by atoms with Crippen molar-refractivity contribution < 1.29 is 19.7 Å². The Morgan fingerprint density at radius 3 is 2.68 bits per heavy atom. The normalized spacial score (nSPS) is 10.4. The molecule has 5 nitrogen and oxygen atoms in total. The van der Waals surface area contributed by atoms with Crippen LogP contribution in [0.4, 0.5) is 0 Å². The number of rotatable bonds is 8. The number of hydrogen-bond donors (Lipinski definition) is 3. The zero-order valence-electron chi connectivity index (χ0n) is 11.2. The monoisotopic (exact) mass is 267 g/mol. The number of unbranched alkanes of at least 4 members (excludes halogenated alkanes) is 1. The van der Waals surface area contributed by atoms with Gasteiger partial charge < -0.3 is 20.3 Å². The summed E-state index contributed by atoms with van der Waals surface area (Å²) in [5.41, 5.74) is 0.157. The summed E-state index contributed by atoms with van der Waals surface area (Å²) < 4.78 is 5.37. The van der Waals surface area contributed by atoms with Crippen LogP contribution in [0.5, 0.6) is 11.5 Å². The van der Waals surface area contributed by atoms with Gasteiger partial charge in [0.15, 0.2) is 0 Å². The second-order valence-electron chi connectivity index (χ2n) is 4.28. The van der Waals surface area contributed by atoms with Crippen LogP contribution in [0.1, 0.15) is 36.5 Å². The van der Waals surface area contributed by atoms with Gasteiger partial charge in [-0.3, -0.25) is 4.79 Å². The van der Waals surface area contributed by atoms with Gasteiger partial charge in [0.2, 0.25) is 0 Å². The lowest BCUT2D eigenvalue weighted by Crippen LogP contribution is -2.25. The highest BCUT2D eigenvalue weighted by atomic mass is 16.5. The average molecular weight is 267 g/mol. The molecule has 5 heteroatoms. The summed E-state index contributed by atoms with van der Waals surface area (Å²) in [4.78, 5) is 11.7. The largest absolute Gasteiger partial charge is 0.508 e. The molecule has 0 saturated carbocycles. The van der Waals surface area contributed by atoms with Crippen LogP contribution in [0.3, 0.4) is 0 Å². The zero-order chi connectivity index (χ0) is 14.1. The quantitative estimate of drug-likeness (QED) is 0.630. The Morgan fingerprint density at radius 2 is 2.00 bits per heavy atom. The van der Waals surface area contributed by atoms with E-state index in [1.165, 1.54) is 12.1 Å². The summed E-state index contributed by atoms with van der Waals surface area (Å²) in [6, 6.07) is 3.89. The third-order valence-corrected chi connectivity index (χ3v) is 2.62. The number of ether oxygens (including phenoxy) is 1. The maximum Gasteiger partial charge on any atom is 0.255 e. The predicted molar refractivity (Wildman–Crippen MR) is 72.4 cm³/mol. The van der Waals surface area contributed by atoms with Gasteiger partial charge in [0.05, 0.1) is 5.56 Å². The van der Waals surface area contributed by atoms with Crippen LogP contribution < -0.4 is 5.32 Å². The number of carbonyl (C=O) groups is 1. The van der Waals surface area contributed by atoms with E-state index in [2.05, 4.69) is 12.2 Å². The molecule has 1 amide bonds. The van der Waals surface area contributed by atoms with Gasteiger partial charge >= 0.3 is 0 Å². The Balaban J connectivity index is 2.24. The molecule has 106 valence electrons. The van der Waals surface area contributed by atoms with Gasteiger partial charge in [0.25, 0.3) is 5.91 Å². The van der Waals surface area contributed by atoms with Crippen LogP contribution in [0.25, 0.3) is 0 Å². The fourth-order valence-corrected chi connectivity index (χ4v) is 1.53. The maximum absolute atomic E-state index is 11.7. The lowest BCUT2D eigenvalue weighted by molar-refractivity contribution is 0.0938. The van der Waals surface area contributed by atoms with E-state index in [1.807, 2.05) is 0 Å². The molecule has 0 bridgehead atoms. The lowest BCUT2D eigenvalue weighted by atomic mass is 10.2. The minimum Gasteiger partial charge on any atom is -0.508 e. The summed E-state index contributed by atoms with van der Waals surface area (Å²) in [5, 5.41) is 21.3. The number of amides is 1. The van der Waals surface area contributed by atoms with Gasteiger partial charge in [-0.25, -0.2) is 0 Å². The highest BCUT2D eigenvalue weighted by molar-refractivity contribution is 5.96. The highest BCUT2D eigenvalue weighted by Gasteiger charge is 2.10. The summed E-state index contributed by atoms with van der Waals surface area (Å²) in [6.45, 7) is 3.96. The molecule has 0 saturated heterocycles. The van der Waals surface area contributed by atoms with E-state index in [-0.39, 0.29) is 23.0 Å². The van der Waals surface area contributed by atoms with Crippen molar-refractivity contribution in [2.24, 2.45) is 0 Å². The maximum atomic E-state index is 11.7. The Hall–Kier alpha value is -1.75. The van der Waals surface area contributed by atoms with Crippen LogP contribution in [0.2, 0.25) is 0 Å². The van der Waals surface area contributed by atoms with Gasteiger partial charge in [-0.2, -0.15) is 0 Å². The molecule has 0 spiro atoms. The standard InChI is InChI=1S/C14H21NO4/c1-2-3-8-19-9-4-7-15-14(18)12-6-5-11(16)10-13(12)17/h5-6,10,16-17H,2-4,7-9H2,1H3,(H,15,18). The summed E-state index contributed by atoms with van der Waals surface area (Å²) in [5.74, 6) is -0.652. The summed E-state index contributed by atoms with van der Waals surface area (Å²) in [6.07, 6.45) is 2.89. The van der Waals surface area contributed by atoms with E-state index in [4.69, 9.17) is 9.84 Å². The SMILES string of the molecule is CCCCOCCCNC(=O)c1ccc(O)cc1O. The molecule has 0 radical (unpaired) electrons. The van der Waals surface area contributed by atoms with Crippen molar-refractivity contribution in [3.63, 3.8) is 0 Å². The Labute approximate surface area is 113 Å². The zero-order valence-corrected chi connectivity index (χ0v) is 11.2. The molecule has 19 heavy (non-hydrogen) atoms. The Kier molecular flexibility index (Phi) is 6.74. The van der Waals surface area contributed by atoms with Crippen LogP contribution in [0, 0.1) is 0 Å². The molecule has 1 rings (SSSR count). The summed E-state index contributed by atoms with van der Waals surface area (Å²) >= 11 is 0. The fourth-order valence-electron chi connectivity index (χ4n) is 1.53. The molecule has 0 fully saturated rings. The molecule has 0 aliphatic carbocycles. The summed E-state index contributed by atoms with van der Waals surface area (Å²) in [7, 11) is 0. The van der Waals surface area contributed by atoms with Gasteiger partial charge in [-0.05, 0) is 25.0 Å². The third-order valence-electron chi connectivity index (χ3n) is 2.62. The predicted octanol–water partition coefficient (Wildman–Crippen LogP) is 2.03. The lowest BCUT2D eigenvalue weighted by Gasteiger charge is -2.07. The average Bonchev–Trinajstić information content (AvgIpc) is 2.37. The smallest absolute Gasteiger partial charge is 0.255 e. The topological polar surface area (TPSA) is 78.8 Å². The molecule has 0 aliphatic heterocycles. The van der Waals surface area contributed by atoms with Crippen molar-refractivity contribution in [3.8, 4) is 11.5 Å². The number of phenols is 2. The van der Waals surface area contributed by atoms with Crippen molar-refractivity contribution in [3.05, 3.63) is 23.8 Å². The number of nitrogens with one attached hydrogen (secondary N) is 1. The van der Waals surface area contributed by atoms with Crippen LogP contribution in [-0.2, 0) is 4.74 Å². The second-order valence-corrected chi connectivity index (χ2v) is 4.28. The van der Waals surface area contributed by atoms with Crippen LogP contribution in [-0.4, -0.2) is 35.9 Å². The van der Waals surface area contributed by atoms with E-state index in [9.17, 15) is 9.90 Å². The van der Waals surface area contributed by atoms with Crippen LogP contribution >= 0.6 is 0 Å². The van der Waals surface area contributed by atoms with E-state index in [0.29, 0.717) is 13.2 Å². The van der Waals surface area contributed by atoms with E-state index >= 15 is 0 Å². The van der Waals surface area contributed by atoms with Gasteiger partial charge in [-0.1, -0.05) is 13.3 Å². The molecule has 0 atom stereocenters. The van der Waals surface area contributed by atoms with Crippen molar-refractivity contribution in [1.82, 2.24) is 5.32 Å². The van der Waals surface area contributed by atoms with Gasteiger partial charge in [0.1, 0.15) is 11.5 Å². The Morgan fingerprint density at radius 1 is 1.26 bits per heavy atom. The first-order valence-corrected chi connectivity index (χ1v) is 6.53. The number of hydrogen-bond acceptors (Lipinski definition) is 4. The minimum absolute atomic E-state index is 0.0709. The minimum atomic E-state index is -0.356. The Bertz CT molecular complexity index is 406. The van der Waals surface area contributed by atoms with Crippen molar-refractivity contribution in [2.45, 2.75) is 26.2 Å². The third kappa shape index (κ3) is 5.61. The molecule has 1 aromatic rings. The number of phenolic OH excluding ortho intramolecular Hbond substituents is 2. The molecule has 3 N–H and O–H groups in total. The highest BCUT2D eigenvalue weighted by Crippen LogP contribution is 2.22. The van der Waals surface area contributed by atoms with Crippen molar-refractivity contribution in [2.75, 3.05) is 19.8 Å². The first-order chi connectivity index (χ1) is 9.15. The molecular formula is C14H21NO4. The number of benzene rings is 1. The first kappa shape index (κ1) is 15.3. The van der Waals surface area contributed by atoms with Gasteiger partial charge in [0, 0.05) is 25.8 Å². The van der Waals surface area contributed by atoms with Gasteiger partial charge in [-0.15, -0.1) is 0 Å². The number of aromatic hydroxyl groups is 2. The number of carbonyl (C=O) groups excluding carboxylic acids is 1.